The number of anilines is 2. The van der Waals surface area contributed by atoms with Crippen LogP contribution < -0.4 is 16.2 Å². The molecule has 1 saturated heterocycles. The summed E-state index contributed by atoms with van der Waals surface area (Å²) in [6.45, 7) is 4.56. The van der Waals surface area contributed by atoms with Crippen molar-refractivity contribution in [3.8, 4) is 0 Å². The Kier molecular flexibility index (Phi) is 7.71. The molecule has 12 heteroatoms. The molecule has 160 valence electrons. The highest BCUT2D eigenvalue weighted by Crippen LogP contribution is 2.28. The molecule has 0 unspecified atom stereocenters. The van der Waals surface area contributed by atoms with Gasteiger partial charge in [-0.25, -0.2) is 9.97 Å². The van der Waals surface area contributed by atoms with Crippen LogP contribution in [0.1, 0.15) is 16.8 Å². The number of hydrogen-bond acceptors (Lipinski definition) is 9. The summed E-state index contributed by atoms with van der Waals surface area (Å²) in [7, 11) is 0. The summed E-state index contributed by atoms with van der Waals surface area (Å²) >= 11 is 5.99. The number of nitrogens with zero attached hydrogens (tertiary/aromatic N) is 4. The number of hydrazine groups is 1. The van der Waals surface area contributed by atoms with Gasteiger partial charge in [0.05, 0.1) is 28.7 Å². The first kappa shape index (κ1) is 21.7. The van der Waals surface area contributed by atoms with E-state index in [9.17, 15) is 14.9 Å². The molecule has 0 saturated carbocycles. The fourth-order valence-corrected chi connectivity index (χ4v) is 3.16. The highest BCUT2D eigenvalue weighted by molar-refractivity contribution is 6.33. The SMILES string of the molecule is O=C(NNc1ncnc(NCCCN2CCOCC2)c1[N+](=O)[O-])c1ccccc1Cl. The monoisotopic (exact) mass is 435 g/mol. The second-order valence-electron chi connectivity index (χ2n) is 6.47. The summed E-state index contributed by atoms with van der Waals surface area (Å²) in [5.74, 6) is -0.605. The normalized spacial score (nSPS) is 14.2. The average Bonchev–Trinajstić information content (AvgIpc) is 2.76. The molecule has 1 aliphatic heterocycles. The van der Waals surface area contributed by atoms with E-state index < -0.39 is 10.8 Å². The van der Waals surface area contributed by atoms with Gasteiger partial charge in [0, 0.05) is 19.6 Å². The number of nitro groups is 1. The van der Waals surface area contributed by atoms with Crippen LogP contribution in [0, 0.1) is 10.1 Å². The van der Waals surface area contributed by atoms with Crippen molar-refractivity contribution in [3.05, 3.63) is 51.3 Å². The summed E-state index contributed by atoms with van der Waals surface area (Å²) in [6, 6.07) is 6.46. The van der Waals surface area contributed by atoms with E-state index in [2.05, 4.69) is 31.0 Å². The van der Waals surface area contributed by atoms with Gasteiger partial charge in [-0.05, 0) is 25.1 Å². The Labute approximate surface area is 177 Å². The van der Waals surface area contributed by atoms with E-state index in [0.29, 0.717) is 6.54 Å². The number of halogens is 1. The highest BCUT2D eigenvalue weighted by atomic mass is 35.5. The van der Waals surface area contributed by atoms with Crippen LogP contribution in [0.25, 0.3) is 0 Å². The quantitative estimate of drug-likeness (QED) is 0.306. The standard InChI is InChI=1S/C18H22ClN7O4/c19-14-5-2-1-4-13(14)18(27)24-23-17-15(26(28)29)16(21-12-22-17)20-6-3-7-25-8-10-30-11-9-25/h1-2,4-5,12H,3,6-11H2,(H,24,27)(H2,20,21,22,23). The molecule has 1 fully saturated rings. The van der Waals surface area contributed by atoms with Crippen LogP contribution in [0.15, 0.2) is 30.6 Å². The van der Waals surface area contributed by atoms with Crippen molar-refractivity contribution >= 4 is 34.8 Å². The van der Waals surface area contributed by atoms with E-state index in [4.69, 9.17) is 16.3 Å². The fraction of sp³-hybridized carbons (Fsp3) is 0.389. The maximum absolute atomic E-state index is 12.3. The van der Waals surface area contributed by atoms with Gasteiger partial charge in [0.2, 0.25) is 11.6 Å². The van der Waals surface area contributed by atoms with Crippen LogP contribution in [0.4, 0.5) is 17.3 Å². The summed E-state index contributed by atoms with van der Waals surface area (Å²) < 4.78 is 5.31. The Morgan fingerprint density at radius 1 is 1.23 bits per heavy atom. The molecule has 1 aromatic heterocycles. The van der Waals surface area contributed by atoms with Gasteiger partial charge >= 0.3 is 5.69 Å². The second-order valence-corrected chi connectivity index (χ2v) is 6.88. The van der Waals surface area contributed by atoms with Gasteiger partial charge in [-0.3, -0.25) is 30.7 Å². The van der Waals surface area contributed by atoms with Crippen LogP contribution in [-0.2, 0) is 4.74 Å². The van der Waals surface area contributed by atoms with Crippen molar-refractivity contribution in [1.29, 1.82) is 0 Å². The first-order valence-electron chi connectivity index (χ1n) is 9.40. The summed E-state index contributed by atoms with van der Waals surface area (Å²) in [5, 5.41) is 14.8. The largest absolute Gasteiger partial charge is 0.379 e. The van der Waals surface area contributed by atoms with Gasteiger partial charge in [0.15, 0.2) is 0 Å². The lowest BCUT2D eigenvalue weighted by molar-refractivity contribution is -0.383. The number of amides is 1. The molecular weight excluding hydrogens is 414 g/mol. The van der Waals surface area contributed by atoms with Crippen LogP contribution in [0.3, 0.4) is 0 Å². The van der Waals surface area contributed by atoms with E-state index in [0.717, 1.165) is 39.3 Å². The predicted molar refractivity (Wildman–Crippen MR) is 112 cm³/mol. The molecule has 30 heavy (non-hydrogen) atoms. The van der Waals surface area contributed by atoms with Crippen LogP contribution in [0.2, 0.25) is 5.02 Å². The van der Waals surface area contributed by atoms with Gasteiger partial charge in [0.1, 0.15) is 6.33 Å². The van der Waals surface area contributed by atoms with Crippen molar-refractivity contribution in [3.63, 3.8) is 0 Å². The number of ether oxygens (including phenoxy) is 1. The summed E-state index contributed by atoms with van der Waals surface area (Å²) in [4.78, 5) is 33.4. The maximum atomic E-state index is 12.3. The molecule has 0 bridgehead atoms. The number of morpholine rings is 1. The second kappa shape index (κ2) is 10.7. The molecule has 1 amide bonds. The van der Waals surface area contributed by atoms with Gasteiger partial charge in [-0.15, -0.1) is 0 Å². The number of rotatable bonds is 9. The van der Waals surface area contributed by atoms with Crippen molar-refractivity contribution in [2.45, 2.75) is 6.42 Å². The van der Waals surface area contributed by atoms with Gasteiger partial charge in [-0.2, -0.15) is 0 Å². The molecule has 3 N–H and O–H groups in total. The van der Waals surface area contributed by atoms with Crippen molar-refractivity contribution in [1.82, 2.24) is 20.3 Å². The molecule has 2 heterocycles. The fourth-order valence-electron chi connectivity index (χ4n) is 2.94. The van der Waals surface area contributed by atoms with Gasteiger partial charge in [0.25, 0.3) is 5.91 Å². The van der Waals surface area contributed by atoms with Crippen molar-refractivity contribution in [2.24, 2.45) is 0 Å². The Balaban J connectivity index is 1.60. The zero-order chi connectivity index (χ0) is 21.3. The molecule has 2 aromatic rings. The van der Waals surface area contributed by atoms with Crippen LogP contribution >= 0.6 is 11.6 Å². The van der Waals surface area contributed by atoms with Crippen LogP contribution in [-0.4, -0.2) is 65.1 Å². The minimum Gasteiger partial charge on any atom is -0.379 e. The number of hydrogen-bond donors (Lipinski definition) is 3. The summed E-state index contributed by atoms with van der Waals surface area (Å²) in [5.41, 5.74) is 4.73. The summed E-state index contributed by atoms with van der Waals surface area (Å²) in [6.07, 6.45) is 1.97. The average molecular weight is 436 g/mol. The number of aromatic nitrogens is 2. The highest BCUT2D eigenvalue weighted by Gasteiger charge is 2.23. The lowest BCUT2D eigenvalue weighted by atomic mass is 10.2. The Morgan fingerprint density at radius 2 is 1.97 bits per heavy atom. The Morgan fingerprint density at radius 3 is 2.70 bits per heavy atom. The number of carbonyl (C=O) groups excluding carboxylic acids is 1. The molecule has 1 aromatic carbocycles. The Bertz CT molecular complexity index is 893. The smallest absolute Gasteiger partial charge is 0.354 e. The van der Waals surface area contributed by atoms with Gasteiger partial charge in [-0.1, -0.05) is 23.7 Å². The lowest BCUT2D eigenvalue weighted by Crippen LogP contribution is -2.37. The topological polar surface area (TPSA) is 135 Å². The van der Waals surface area contributed by atoms with E-state index in [1.165, 1.54) is 12.4 Å². The molecule has 0 aliphatic carbocycles. The number of carbonyl (C=O) groups is 1. The zero-order valence-corrected chi connectivity index (χ0v) is 16.9. The van der Waals surface area contributed by atoms with E-state index in [-0.39, 0.29) is 27.9 Å². The van der Waals surface area contributed by atoms with E-state index >= 15 is 0 Å². The molecule has 11 nitrogen and oxygen atoms in total. The van der Waals surface area contributed by atoms with E-state index in [1.807, 2.05) is 0 Å². The van der Waals surface area contributed by atoms with Gasteiger partial charge < -0.3 is 10.1 Å². The molecule has 0 radical (unpaired) electrons. The maximum Gasteiger partial charge on any atom is 0.354 e. The molecule has 1 aliphatic rings. The van der Waals surface area contributed by atoms with E-state index in [1.54, 1.807) is 18.2 Å². The number of benzene rings is 1. The van der Waals surface area contributed by atoms with Crippen molar-refractivity contribution in [2.75, 3.05) is 50.1 Å². The molecule has 0 spiro atoms. The third kappa shape index (κ3) is 5.75. The minimum absolute atomic E-state index is 0.0754. The third-order valence-corrected chi connectivity index (χ3v) is 4.79. The van der Waals surface area contributed by atoms with Crippen molar-refractivity contribution < 1.29 is 14.5 Å². The minimum atomic E-state index is -0.603. The van der Waals surface area contributed by atoms with Crippen LogP contribution in [0.5, 0.6) is 0 Å². The molecular formula is C18H22ClN7O4. The first-order valence-corrected chi connectivity index (χ1v) is 9.78. The zero-order valence-electron chi connectivity index (χ0n) is 16.1. The Hall–Kier alpha value is -3.02. The third-order valence-electron chi connectivity index (χ3n) is 4.47. The predicted octanol–water partition coefficient (Wildman–Crippen LogP) is 1.93. The lowest BCUT2D eigenvalue weighted by Gasteiger charge is -2.26. The molecule has 0 atom stereocenters. The first-order chi connectivity index (χ1) is 14.6. The molecule has 3 rings (SSSR count). The number of nitrogens with one attached hydrogen (secondary N) is 3.